The van der Waals surface area contributed by atoms with E-state index in [0.717, 1.165) is 22.5 Å². The zero-order valence-corrected chi connectivity index (χ0v) is 24.1. The van der Waals surface area contributed by atoms with Crippen molar-refractivity contribution in [2.45, 2.75) is 49.3 Å². The lowest BCUT2D eigenvalue weighted by atomic mass is 9.74. The Bertz CT molecular complexity index is 1440. The molecular weight excluding hydrogens is 522 g/mol. The number of carbonyl (C=O) groups is 3. The maximum absolute atomic E-state index is 14.6. The molecule has 208 valence electrons. The number of aliphatic hydroxyl groups is 1. The van der Waals surface area contributed by atoms with Gasteiger partial charge in [0.25, 0.3) is 5.91 Å². The van der Waals surface area contributed by atoms with E-state index in [0.29, 0.717) is 13.1 Å². The molecule has 40 heavy (non-hydrogen) atoms. The van der Waals surface area contributed by atoms with Crippen LogP contribution >= 0.6 is 11.8 Å². The number of anilines is 2. The number of para-hydroxylation sites is 1. The Morgan fingerprint density at radius 2 is 1.62 bits per heavy atom. The molecule has 0 aliphatic carbocycles. The van der Waals surface area contributed by atoms with Crippen molar-refractivity contribution in [1.29, 1.82) is 0 Å². The molecule has 0 saturated carbocycles. The molecule has 0 aromatic heterocycles. The van der Waals surface area contributed by atoms with Crippen LogP contribution in [0.2, 0.25) is 0 Å². The summed E-state index contributed by atoms with van der Waals surface area (Å²) in [6.45, 7) is 8.27. The Balaban J connectivity index is 1.50. The van der Waals surface area contributed by atoms with Crippen LogP contribution in [0.15, 0.2) is 72.8 Å². The van der Waals surface area contributed by atoms with Gasteiger partial charge in [-0.25, -0.2) is 0 Å². The highest BCUT2D eigenvalue weighted by atomic mass is 32.2. The average molecular weight is 558 g/mol. The molecule has 6 rings (SSSR count). The molecule has 8 heteroatoms. The van der Waals surface area contributed by atoms with Crippen LogP contribution in [0, 0.1) is 25.7 Å². The van der Waals surface area contributed by atoms with E-state index in [1.54, 1.807) is 33.4 Å². The number of rotatable bonds is 4. The molecule has 4 heterocycles. The van der Waals surface area contributed by atoms with Gasteiger partial charge < -0.3 is 19.8 Å². The first-order valence-corrected chi connectivity index (χ1v) is 14.7. The maximum Gasteiger partial charge on any atom is 0.251 e. The molecule has 2 fully saturated rings. The fraction of sp³-hybridized carbons (Fsp3) is 0.406. The fourth-order valence-electron chi connectivity index (χ4n) is 7.09. The van der Waals surface area contributed by atoms with Gasteiger partial charge in [-0.3, -0.25) is 14.4 Å². The lowest BCUT2D eigenvalue weighted by Gasteiger charge is -2.39. The molecule has 2 aromatic carbocycles. The van der Waals surface area contributed by atoms with Crippen molar-refractivity contribution >= 4 is 40.9 Å². The molecule has 1 N–H and O–H groups in total. The number of fused-ring (bicyclic) bond motifs is 2. The first-order chi connectivity index (χ1) is 19.1. The van der Waals surface area contributed by atoms with Crippen LogP contribution in [0.3, 0.4) is 0 Å². The summed E-state index contributed by atoms with van der Waals surface area (Å²) >= 11 is 1.56. The summed E-state index contributed by atoms with van der Waals surface area (Å²) in [7, 11) is 0. The van der Waals surface area contributed by atoms with Gasteiger partial charge in [0.15, 0.2) is 0 Å². The first kappa shape index (κ1) is 26.8. The van der Waals surface area contributed by atoms with Gasteiger partial charge in [0.2, 0.25) is 11.8 Å². The molecule has 1 unspecified atom stereocenters. The number of nitrogens with zero attached hydrogens (tertiary/aromatic N) is 3. The van der Waals surface area contributed by atoms with Crippen LogP contribution in [0.5, 0.6) is 0 Å². The van der Waals surface area contributed by atoms with Crippen LogP contribution in [0.1, 0.15) is 25.0 Å². The van der Waals surface area contributed by atoms with Crippen molar-refractivity contribution in [3.05, 3.63) is 84.0 Å². The molecule has 3 amide bonds. The van der Waals surface area contributed by atoms with Gasteiger partial charge in [-0.2, -0.15) is 0 Å². The summed E-state index contributed by atoms with van der Waals surface area (Å²) in [5.74, 6) is -1.96. The minimum absolute atomic E-state index is 0.116. The summed E-state index contributed by atoms with van der Waals surface area (Å²) in [6.07, 6.45) is 8.07. The van der Waals surface area contributed by atoms with E-state index in [4.69, 9.17) is 0 Å². The molecule has 4 aliphatic heterocycles. The minimum Gasteiger partial charge on any atom is -0.394 e. The van der Waals surface area contributed by atoms with Crippen molar-refractivity contribution < 1.29 is 19.5 Å². The Morgan fingerprint density at radius 3 is 2.35 bits per heavy atom. The van der Waals surface area contributed by atoms with Crippen LogP contribution in [0.25, 0.3) is 0 Å². The van der Waals surface area contributed by atoms with Gasteiger partial charge in [0, 0.05) is 29.2 Å². The highest BCUT2D eigenvalue weighted by Crippen LogP contribution is 2.66. The van der Waals surface area contributed by atoms with Crippen LogP contribution in [-0.2, 0) is 14.4 Å². The lowest BCUT2D eigenvalue weighted by Crippen LogP contribution is -2.56. The molecule has 1 spiro atoms. The average Bonchev–Trinajstić information content (AvgIpc) is 3.22. The molecular formula is C32H35N3O4S. The Labute approximate surface area is 239 Å². The van der Waals surface area contributed by atoms with Gasteiger partial charge in [-0.05, 0) is 57.0 Å². The number of carbonyl (C=O) groups excluding carboxylic acids is 3. The fourth-order valence-corrected chi connectivity index (χ4v) is 9.23. The van der Waals surface area contributed by atoms with E-state index in [-0.39, 0.29) is 24.3 Å². The third-order valence-corrected chi connectivity index (χ3v) is 10.8. The number of aliphatic hydroxyl groups excluding tert-OH is 1. The summed E-state index contributed by atoms with van der Waals surface area (Å²) in [4.78, 5) is 48.6. The second kappa shape index (κ2) is 9.63. The van der Waals surface area contributed by atoms with Gasteiger partial charge in [0.05, 0.1) is 29.2 Å². The summed E-state index contributed by atoms with van der Waals surface area (Å²) in [5, 5.41) is 10.2. The minimum atomic E-state index is -0.955. The third-order valence-electron chi connectivity index (χ3n) is 8.96. The molecule has 0 bridgehead atoms. The highest BCUT2D eigenvalue weighted by molar-refractivity contribution is 8.02. The Morgan fingerprint density at radius 1 is 0.925 bits per heavy atom. The monoisotopic (exact) mass is 557 g/mol. The number of aryl methyl sites for hydroxylation is 2. The molecule has 6 atom stereocenters. The lowest BCUT2D eigenvalue weighted by molar-refractivity contribution is -0.141. The van der Waals surface area contributed by atoms with Gasteiger partial charge in [0.1, 0.15) is 6.04 Å². The van der Waals surface area contributed by atoms with E-state index >= 15 is 0 Å². The van der Waals surface area contributed by atoms with Crippen molar-refractivity contribution in [2.24, 2.45) is 11.8 Å². The van der Waals surface area contributed by atoms with Crippen LogP contribution in [0.4, 0.5) is 11.4 Å². The van der Waals surface area contributed by atoms with E-state index in [9.17, 15) is 19.5 Å². The van der Waals surface area contributed by atoms with E-state index in [1.165, 1.54) is 0 Å². The SMILES string of the molecule is Cc1ccc(C)c(N2CC=C[C@]34S[C@]5(C)C=CCN(c6ccccc6)C(=O)[C@@H]5[C@H]3C(=O)N([C@H](C)CO)C4C2=O)c1. The van der Waals surface area contributed by atoms with E-state index in [1.807, 2.05) is 87.5 Å². The largest absolute Gasteiger partial charge is 0.394 e. The molecule has 4 aliphatic rings. The van der Waals surface area contributed by atoms with E-state index in [2.05, 4.69) is 6.08 Å². The molecule has 2 aromatic rings. The predicted octanol–water partition coefficient (Wildman–Crippen LogP) is 3.88. The predicted molar refractivity (Wildman–Crippen MR) is 158 cm³/mol. The number of amides is 3. The number of hydrogen-bond acceptors (Lipinski definition) is 5. The zero-order chi connectivity index (χ0) is 28.4. The van der Waals surface area contributed by atoms with Crippen LogP contribution < -0.4 is 9.80 Å². The third kappa shape index (κ3) is 3.79. The Hall–Kier alpha value is -3.36. The Kier molecular flexibility index (Phi) is 6.46. The summed E-state index contributed by atoms with van der Waals surface area (Å²) in [5.41, 5.74) is 3.61. The van der Waals surface area contributed by atoms with Crippen molar-refractivity contribution in [3.63, 3.8) is 0 Å². The van der Waals surface area contributed by atoms with Crippen molar-refractivity contribution in [1.82, 2.24) is 4.90 Å². The van der Waals surface area contributed by atoms with Gasteiger partial charge in [-0.15, -0.1) is 11.8 Å². The molecule has 2 saturated heterocycles. The second-order valence-corrected chi connectivity index (χ2v) is 13.4. The first-order valence-electron chi connectivity index (χ1n) is 13.9. The topological polar surface area (TPSA) is 81.2 Å². The number of likely N-dealkylation sites (tertiary alicyclic amines) is 1. The second-order valence-electron chi connectivity index (χ2n) is 11.6. The summed E-state index contributed by atoms with van der Waals surface area (Å²) < 4.78 is -1.64. The highest BCUT2D eigenvalue weighted by Gasteiger charge is 2.74. The smallest absolute Gasteiger partial charge is 0.251 e. The van der Waals surface area contributed by atoms with Crippen LogP contribution in [-0.4, -0.2) is 69.0 Å². The zero-order valence-electron chi connectivity index (χ0n) is 23.3. The normalized spacial score (nSPS) is 32.1. The van der Waals surface area contributed by atoms with Gasteiger partial charge >= 0.3 is 0 Å². The molecule has 7 nitrogen and oxygen atoms in total. The number of benzene rings is 2. The van der Waals surface area contributed by atoms with Crippen molar-refractivity contribution in [2.75, 3.05) is 29.5 Å². The summed E-state index contributed by atoms with van der Waals surface area (Å²) in [6, 6.07) is 14.1. The van der Waals surface area contributed by atoms with Gasteiger partial charge in [-0.1, -0.05) is 54.6 Å². The molecule has 0 radical (unpaired) electrons. The maximum atomic E-state index is 14.6. The number of thioether (sulfide) groups is 1. The van der Waals surface area contributed by atoms with Crippen molar-refractivity contribution in [3.8, 4) is 0 Å². The number of hydrogen-bond donors (Lipinski definition) is 1. The quantitative estimate of drug-likeness (QED) is 0.578. The van der Waals surface area contributed by atoms with E-state index < -0.39 is 33.4 Å². The standard InChI is InChI=1S/C32H35N3O4S/c1-20-12-13-21(2)24(18-20)34-17-9-15-32-26(29(38)35(22(3)19-36)27(32)30(34)39)25-28(37)33(23-10-6-5-7-11-23)16-8-14-31(25,4)40-32/h5-15,18,22,25-27,36H,16-17,19H2,1-4H3/t22-,25+,26+,27?,31-,32+/m1/s1.